The van der Waals surface area contributed by atoms with Crippen molar-refractivity contribution < 1.29 is 9.90 Å². The van der Waals surface area contributed by atoms with Gasteiger partial charge in [-0.2, -0.15) is 0 Å². The van der Waals surface area contributed by atoms with E-state index in [1.54, 1.807) is 6.20 Å². The summed E-state index contributed by atoms with van der Waals surface area (Å²) >= 11 is 0. The van der Waals surface area contributed by atoms with Crippen LogP contribution in [0.3, 0.4) is 0 Å². The number of pyridine rings is 1. The van der Waals surface area contributed by atoms with Gasteiger partial charge in [0.25, 0.3) is 0 Å². The molecule has 0 bridgehead atoms. The molecule has 0 radical (unpaired) electrons. The lowest BCUT2D eigenvalue weighted by molar-refractivity contribution is -0.142. The minimum atomic E-state index is -0.713. The first-order valence-corrected chi connectivity index (χ1v) is 6.63. The van der Waals surface area contributed by atoms with Crippen LogP contribution in [0.2, 0.25) is 0 Å². The van der Waals surface area contributed by atoms with Gasteiger partial charge >= 0.3 is 5.97 Å². The molecule has 1 unspecified atom stereocenters. The Kier molecular flexibility index (Phi) is 4.15. The van der Waals surface area contributed by atoms with Gasteiger partial charge in [-0.15, -0.1) is 0 Å². The van der Waals surface area contributed by atoms with Crippen LogP contribution in [-0.4, -0.2) is 16.1 Å². The number of fused-ring (bicyclic) bond motifs is 1. The van der Waals surface area contributed by atoms with Crippen molar-refractivity contribution in [2.75, 3.05) is 0 Å². The molecule has 0 fully saturated rings. The molecule has 1 aromatic carbocycles. The Morgan fingerprint density at radius 3 is 2.68 bits per heavy atom. The number of hydrogen-bond donors (Lipinski definition) is 1. The minimum Gasteiger partial charge on any atom is -0.481 e. The summed E-state index contributed by atoms with van der Waals surface area (Å²) in [4.78, 5) is 15.7. The first kappa shape index (κ1) is 13.5. The molecule has 1 heterocycles. The second-order valence-corrected chi connectivity index (χ2v) is 5.36. The maximum atomic E-state index is 11.4. The summed E-state index contributed by atoms with van der Waals surface area (Å²) in [5.41, 5.74) is 1.99. The number of benzene rings is 1. The summed E-state index contributed by atoms with van der Waals surface area (Å²) in [6.07, 6.45) is 3.02. The summed E-state index contributed by atoms with van der Waals surface area (Å²) in [6.45, 7) is 4.11. The third-order valence-corrected chi connectivity index (χ3v) is 3.31. The highest BCUT2D eigenvalue weighted by atomic mass is 16.4. The van der Waals surface area contributed by atoms with E-state index in [1.807, 2.05) is 30.3 Å². The highest BCUT2D eigenvalue weighted by molar-refractivity contribution is 5.82. The maximum absolute atomic E-state index is 11.4. The van der Waals surface area contributed by atoms with Crippen LogP contribution in [0.5, 0.6) is 0 Å². The van der Waals surface area contributed by atoms with Crippen molar-refractivity contribution in [2.45, 2.75) is 26.7 Å². The topological polar surface area (TPSA) is 50.2 Å². The zero-order valence-electron chi connectivity index (χ0n) is 11.3. The number of carboxylic acids is 1. The molecular weight excluding hydrogens is 238 g/mol. The molecule has 3 heteroatoms. The van der Waals surface area contributed by atoms with E-state index in [0.717, 1.165) is 16.5 Å². The van der Waals surface area contributed by atoms with Gasteiger partial charge in [-0.25, -0.2) is 0 Å². The second kappa shape index (κ2) is 5.83. The van der Waals surface area contributed by atoms with E-state index in [4.69, 9.17) is 0 Å². The average molecular weight is 257 g/mol. The van der Waals surface area contributed by atoms with Gasteiger partial charge in [0.2, 0.25) is 0 Å². The number of carboxylic acid groups (broad SMARTS) is 1. The Hall–Kier alpha value is -1.90. The molecule has 3 nitrogen and oxygen atoms in total. The number of rotatable bonds is 5. The van der Waals surface area contributed by atoms with Gasteiger partial charge in [0, 0.05) is 11.6 Å². The molecule has 100 valence electrons. The molecule has 19 heavy (non-hydrogen) atoms. The van der Waals surface area contributed by atoms with Gasteiger partial charge in [0.05, 0.1) is 11.4 Å². The summed E-state index contributed by atoms with van der Waals surface area (Å²) in [5, 5.41) is 10.4. The Bertz CT molecular complexity index is 572. The molecule has 1 atom stereocenters. The smallest absolute Gasteiger partial charge is 0.306 e. The van der Waals surface area contributed by atoms with Gasteiger partial charge in [0.15, 0.2) is 0 Å². The molecule has 1 aromatic heterocycles. The Morgan fingerprint density at radius 2 is 2.00 bits per heavy atom. The highest BCUT2D eigenvalue weighted by Gasteiger charge is 2.20. The molecular formula is C16H19NO2. The van der Waals surface area contributed by atoms with Crippen molar-refractivity contribution in [1.82, 2.24) is 4.98 Å². The van der Waals surface area contributed by atoms with Gasteiger partial charge in [-0.1, -0.05) is 32.0 Å². The third kappa shape index (κ3) is 3.31. The van der Waals surface area contributed by atoms with E-state index in [2.05, 4.69) is 18.8 Å². The van der Waals surface area contributed by atoms with Crippen LogP contribution >= 0.6 is 0 Å². The van der Waals surface area contributed by atoms with Gasteiger partial charge < -0.3 is 5.11 Å². The molecule has 0 aliphatic rings. The number of para-hydroxylation sites is 1. The van der Waals surface area contributed by atoms with Crippen molar-refractivity contribution in [3.8, 4) is 0 Å². The zero-order chi connectivity index (χ0) is 13.8. The SMILES string of the molecule is CC(C)CC(Cc1ccnc2ccccc12)C(=O)O. The minimum absolute atomic E-state index is 0.328. The first-order valence-electron chi connectivity index (χ1n) is 6.63. The van der Waals surface area contributed by atoms with Crippen LogP contribution in [0.25, 0.3) is 10.9 Å². The van der Waals surface area contributed by atoms with Crippen LogP contribution in [0.4, 0.5) is 0 Å². The predicted octanol–water partition coefficient (Wildman–Crippen LogP) is 3.52. The van der Waals surface area contributed by atoms with Crippen LogP contribution < -0.4 is 0 Å². The molecule has 1 N–H and O–H groups in total. The molecule has 0 saturated carbocycles. The monoisotopic (exact) mass is 257 g/mol. The standard InChI is InChI=1S/C16H19NO2/c1-11(2)9-13(16(18)19)10-12-7-8-17-15-6-4-3-5-14(12)15/h3-8,11,13H,9-10H2,1-2H3,(H,18,19). The maximum Gasteiger partial charge on any atom is 0.306 e. The second-order valence-electron chi connectivity index (χ2n) is 5.36. The fourth-order valence-electron chi connectivity index (χ4n) is 2.44. The van der Waals surface area contributed by atoms with Gasteiger partial charge in [-0.05, 0) is 36.5 Å². The third-order valence-electron chi connectivity index (χ3n) is 3.31. The summed E-state index contributed by atoms with van der Waals surface area (Å²) < 4.78 is 0. The van der Waals surface area contributed by atoms with Crippen molar-refractivity contribution in [3.63, 3.8) is 0 Å². The zero-order valence-corrected chi connectivity index (χ0v) is 11.3. The lowest BCUT2D eigenvalue weighted by Crippen LogP contribution is -2.18. The van der Waals surface area contributed by atoms with E-state index in [1.165, 1.54) is 0 Å². The van der Waals surface area contributed by atoms with Crippen molar-refractivity contribution in [3.05, 3.63) is 42.1 Å². The molecule has 2 aromatic rings. The quantitative estimate of drug-likeness (QED) is 0.891. The predicted molar refractivity (Wildman–Crippen MR) is 76.0 cm³/mol. The lowest BCUT2D eigenvalue weighted by atomic mass is 9.90. The number of carbonyl (C=O) groups is 1. The average Bonchev–Trinajstić information content (AvgIpc) is 2.37. The Balaban J connectivity index is 2.31. The van der Waals surface area contributed by atoms with E-state index in [9.17, 15) is 9.90 Å². The largest absolute Gasteiger partial charge is 0.481 e. The molecule has 0 saturated heterocycles. The summed E-state index contributed by atoms with van der Waals surface area (Å²) in [7, 11) is 0. The lowest BCUT2D eigenvalue weighted by Gasteiger charge is -2.15. The fourth-order valence-corrected chi connectivity index (χ4v) is 2.44. The van der Waals surface area contributed by atoms with E-state index in [0.29, 0.717) is 18.8 Å². The molecule has 2 rings (SSSR count). The van der Waals surface area contributed by atoms with E-state index >= 15 is 0 Å². The first-order chi connectivity index (χ1) is 9.08. The summed E-state index contributed by atoms with van der Waals surface area (Å²) in [6, 6.07) is 9.80. The van der Waals surface area contributed by atoms with Crippen molar-refractivity contribution in [1.29, 1.82) is 0 Å². The molecule has 0 spiro atoms. The molecule has 0 aliphatic carbocycles. The van der Waals surface area contributed by atoms with Crippen LogP contribution in [-0.2, 0) is 11.2 Å². The van der Waals surface area contributed by atoms with Crippen LogP contribution in [0, 0.1) is 11.8 Å². The Labute approximate surface area is 113 Å². The van der Waals surface area contributed by atoms with Gasteiger partial charge in [0.1, 0.15) is 0 Å². The van der Waals surface area contributed by atoms with Crippen LogP contribution in [0.15, 0.2) is 36.5 Å². The molecule has 0 amide bonds. The highest BCUT2D eigenvalue weighted by Crippen LogP contribution is 2.23. The summed E-state index contributed by atoms with van der Waals surface area (Å²) in [5.74, 6) is -0.658. The number of aliphatic carboxylic acids is 1. The molecule has 0 aliphatic heterocycles. The van der Waals surface area contributed by atoms with Crippen LogP contribution in [0.1, 0.15) is 25.8 Å². The number of nitrogens with zero attached hydrogens (tertiary/aromatic N) is 1. The van der Waals surface area contributed by atoms with E-state index in [-0.39, 0.29) is 5.92 Å². The Morgan fingerprint density at radius 1 is 1.26 bits per heavy atom. The van der Waals surface area contributed by atoms with Crippen molar-refractivity contribution >= 4 is 16.9 Å². The number of aromatic nitrogens is 1. The fraction of sp³-hybridized carbons (Fsp3) is 0.375. The van der Waals surface area contributed by atoms with E-state index < -0.39 is 5.97 Å². The normalized spacial score (nSPS) is 12.8. The number of hydrogen-bond acceptors (Lipinski definition) is 2. The van der Waals surface area contributed by atoms with Gasteiger partial charge in [-0.3, -0.25) is 9.78 Å². The van der Waals surface area contributed by atoms with Crippen molar-refractivity contribution in [2.24, 2.45) is 11.8 Å².